The number of carbonyl (C=O) groups is 1. The molecule has 0 spiro atoms. The van der Waals surface area contributed by atoms with Crippen molar-refractivity contribution in [3.63, 3.8) is 0 Å². The van der Waals surface area contributed by atoms with Gasteiger partial charge in [0.15, 0.2) is 0 Å². The van der Waals surface area contributed by atoms with Crippen molar-refractivity contribution in [3.8, 4) is 17.3 Å². The summed E-state index contributed by atoms with van der Waals surface area (Å²) in [5.74, 6) is 0.401. The summed E-state index contributed by atoms with van der Waals surface area (Å²) >= 11 is 6.61. The Kier molecular flexibility index (Phi) is 7.94. The highest BCUT2D eigenvalue weighted by molar-refractivity contribution is 7.72. The van der Waals surface area contributed by atoms with E-state index in [0.717, 1.165) is 42.2 Å². The Labute approximate surface area is 249 Å². The Morgan fingerprint density at radius 3 is 2.76 bits per heavy atom. The molecule has 0 radical (unpaired) electrons. The van der Waals surface area contributed by atoms with Crippen LogP contribution in [-0.2, 0) is 15.9 Å². The van der Waals surface area contributed by atoms with Gasteiger partial charge in [-0.1, -0.05) is 48.0 Å². The van der Waals surface area contributed by atoms with Gasteiger partial charge in [-0.3, -0.25) is 0 Å². The average Bonchev–Trinajstić information content (AvgIpc) is 3.64. The lowest BCUT2D eigenvalue weighted by atomic mass is 10.00. The number of likely N-dealkylation sites (tertiary alicyclic amines) is 1. The van der Waals surface area contributed by atoms with Crippen molar-refractivity contribution >= 4 is 47.0 Å². The van der Waals surface area contributed by atoms with E-state index in [1.54, 1.807) is 17.2 Å². The summed E-state index contributed by atoms with van der Waals surface area (Å²) in [6.45, 7) is 2.71. The van der Waals surface area contributed by atoms with Crippen LogP contribution in [0.1, 0.15) is 43.7 Å². The van der Waals surface area contributed by atoms with Crippen LogP contribution in [0.15, 0.2) is 54.9 Å². The summed E-state index contributed by atoms with van der Waals surface area (Å²) in [5.41, 5.74) is 3.39. The second-order valence-corrected chi connectivity index (χ2v) is 14.6. The van der Waals surface area contributed by atoms with Gasteiger partial charge >= 0.3 is 6.09 Å². The monoisotopic (exact) mass is 602 g/mol. The molecule has 0 unspecified atom stereocenters. The number of nitrogens with zero attached hydrogens (tertiary/aromatic N) is 4. The molecule has 42 heavy (non-hydrogen) atoms. The third-order valence-electron chi connectivity index (χ3n) is 8.30. The first kappa shape index (κ1) is 28.3. The second kappa shape index (κ2) is 11.8. The molecule has 9 nitrogen and oxygen atoms in total. The van der Waals surface area contributed by atoms with E-state index < -0.39 is 7.14 Å². The fourth-order valence-electron chi connectivity index (χ4n) is 6.05. The minimum atomic E-state index is -2.66. The first-order valence-corrected chi connectivity index (χ1v) is 16.7. The molecular weight excluding hydrogens is 571 g/mol. The number of aromatic amines is 1. The SMILES string of the molecule is C[C@H]1CC[C@H](Nc2ncc(Cl)c(-c3c[nH]c4c(P5(=O)CCCC5)c(C#N)ccc34)n2)CN1C(=O)OCc1ccccc1. The van der Waals surface area contributed by atoms with Crippen LogP contribution in [0.4, 0.5) is 10.7 Å². The number of hydrogen-bond donors (Lipinski definition) is 2. The van der Waals surface area contributed by atoms with Gasteiger partial charge < -0.3 is 24.5 Å². The van der Waals surface area contributed by atoms with Crippen molar-refractivity contribution in [2.24, 2.45) is 0 Å². The summed E-state index contributed by atoms with van der Waals surface area (Å²) in [6.07, 6.45) is 7.72. The van der Waals surface area contributed by atoms with Gasteiger partial charge in [0.05, 0.1) is 39.4 Å². The van der Waals surface area contributed by atoms with Gasteiger partial charge in [-0.05, 0) is 44.2 Å². The fourth-order valence-corrected chi connectivity index (χ4v) is 9.54. The molecule has 2 fully saturated rings. The number of nitrogens with one attached hydrogen (secondary N) is 2. The van der Waals surface area contributed by atoms with E-state index >= 15 is 0 Å². The molecule has 11 heteroatoms. The Morgan fingerprint density at radius 2 is 2.00 bits per heavy atom. The van der Waals surface area contributed by atoms with Gasteiger partial charge in [0.1, 0.15) is 13.7 Å². The molecule has 216 valence electrons. The number of halogens is 1. The number of hydrogen-bond acceptors (Lipinski definition) is 7. The maximum Gasteiger partial charge on any atom is 0.410 e. The first-order chi connectivity index (χ1) is 20.4. The Balaban J connectivity index is 1.23. The van der Waals surface area contributed by atoms with Crippen LogP contribution in [0.3, 0.4) is 0 Å². The third-order valence-corrected chi connectivity index (χ3v) is 11.9. The number of ether oxygens (including phenoxy) is 1. The molecule has 4 heterocycles. The van der Waals surface area contributed by atoms with E-state index in [-0.39, 0.29) is 24.8 Å². The van der Waals surface area contributed by atoms with Crippen LogP contribution in [0, 0.1) is 11.3 Å². The van der Waals surface area contributed by atoms with E-state index in [9.17, 15) is 14.6 Å². The number of aromatic nitrogens is 3. The molecule has 0 bridgehead atoms. The van der Waals surface area contributed by atoms with Crippen LogP contribution in [0.2, 0.25) is 5.02 Å². The molecule has 2 atom stereocenters. The van der Waals surface area contributed by atoms with Crippen molar-refractivity contribution in [3.05, 3.63) is 71.0 Å². The number of H-pyrrole nitrogens is 1. The second-order valence-electron chi connectivity index (χ2n) is 11.1. The summed E-state index contributed by atoms with van der Waals surface area (Å²) in [4.78, 5) is 27.2. The number of carbonyl (C=O) groups excluding carboxylic acids is 1. The van der Waals surface area contributed by atoms with Gasteiger partial charge in [0, 0.05) is 48.1 Å². The molecule has 2 aliphatic heterocycles. The number of amides is 1. The highest BCUT2D eigenvalue weighted by atomic mass is 35.5. The van der Waals surface area contributed by atoms with Crippen molar-refractivity contribution < 1.29 is 14.1 Å². The van der Waals surface area contributed by atoms with Crippen molar-refractivity contribution in [1.29, 1.82) is 5.26 Å². The molecule has 1 amide bonds. The standard InChI is InChI=1S/C31H32ClN6O3P/c1-20-9-11-23(18-38(20)31(39)41-19-21-7-3-2-4-8-21)36-30-35-17-26(32)27(37-30)25-16-34-28-24(25)12-10-22(15-33)29(28)42(40)13-5-6-14-42/h2-4,7-8,10,12,16-17,20,23,34H,5-6,9,11,13-14,18-19H2,1H3,(H,35,36,37)/t20-,23-/m0/s1. The zero-order valence-corrected chi connectivity index (χ0v) is 25.0. The number of anilines is 1. The Hall–Kier alpha value is -3.86. The highest BCUT2D eigenvalue weighted by Gasteiger charge is 2.34. The lowest BCUT2D eigenvalue weighted by Gasteiger charge is -2.37. The predicted octanol–water partition coefficient (Wildman–Crippen LogP) is 6.53. The van der Waals surface area contributed by atoms with E-state index in [4.69, 9.17) is 21.3 Å². The topological polar surface area (TPSA) is 124 Å². The zero-order valence-electron chi connectivity index (χ0n) is 23.3. The normalized spacial score (nSPS) is 19.9. The smallest absolute Gasteiger partial charge is 0.410 e. The molecular formula is C31H32ClN6O3P. The first-order valence-electron chi connectivity index (χ1n) is 14.3. The highest BCUT2D eigenvalue weighted by Crippen LogP contribution is 2.53. The average molecular weight is 603 g/mol. The van der Waals surface area contributed by atoms with E-state index in [1.165, 1.54) is 0 Å². The summed E-state index contributed by atoms with van der Waals surface area (Å²) < 4.78 is 19.4. The van der Waals surface area contributed by atoms with Gasteiger partial charge in [0.25, 0.3) is 0 Å². The summed E-state index contributed by atoms with van der Waals surface area (Å²) in [5, 5.41) is 15.0. The number of rotatable bonds is 6. The fraction of sp³-hybridized carbons (Fsp3) is 0.355. The Morgan fingerprint density at radius 1 is 1.21 bits per heavy atom. The number of fused-ring (bicyclic) bond motifs is 1. The molecule has 2 aromatic heterocycles. The van der Waals surface area contributed by atoms with Crippen LogP contribution >= 0.6 is 18.7 Å². The van der Waals surface area contributed by atoms with E-state index in [0.29, 0.717) is 51.9 Å². The minimum absolute atomic E-state index is 0.0544. The maximum atomic E-state index is 13.8. The minimum Gasteiger partial charge on any atom is -0.445 e. The lowest BCUT2D eigenvalue weighted by molar-refractivity contribution is 0.0695. The molecule has 0 aliphatic carbocycles. The molecule has 2 saturated heterocycles. The summed E-state index contributed by atoms with van der Waals surface area (Å²) in [7, 11) is -2.66. The van der Waals surface area contributed by atoms with Gasteiger partial charge in [-0.15, -0.1) is 0 Å². The molecule has 2 aromatic carbocycles. The van der Waals surface area contributed by atoms with Crippen molar-refractivity contribution in [2.45, 2.75) is 51.3 Å². The van der Waals surface area contributed by atoms with Crippen LogP contribution in [-0.4, -0.2) is 56.9 Å². The van der Waals surface area contributed by atoms with Gasteiger partial charge in [-0.25, -0.2) is 14.8 Å². The molecule has 0 saturated carbocycles. The van der Waals surface area contributed by atoms with Crippen LogP contribution < -0.4 is 10.6 Å². The molecule has 6 rings (SSSR count). The number of benzene rings is 2. The summed E-state index contributed by atoms with van der Waals surface area (Å²) in [6, 6.07) is 15.5. The number of nitriles is 1. The van der Waals surface area contributed by atoms with E-state index in [1.807, 2.05) is 49.5 Å². The quantitative estimate of drug-likeness (QED) is 0.240. The predicted molar refractivity (Wildman–Crippen MR) is 165 cm³/mol. The molecule has 4 aromatic rings. The zero-order chi connectivity index (χ0) is 29.3. The molecule has 2 N–H and O–H groups in total. The van der Waals surface area contributed by atoms with E-state index in [2.05, 4.69) is 21.4 Å². The van der Waals surface area contributed by atoms with Crippen LogP contribution in [0.5, 0.6) is 0 Å². The lowest BCUT2D eigenvalue weighted by Crippen LogP contribution is -2.50. The molecule has 2 aliphatic rings. The Bertz CT molecular complexity index is 1710. The van der Waals surface area contributed by atoms with Gasteiger partial charge in [-0.2, -0.15) is 5.26 Å². The largest absolute Gasteiger partial charge is 0.445 e. The van der Waals surface area contributed by atoms with Crippen molar-refractivity contribution in [1.82, 2.24) is 19.9 Å². The third kappa shape index (κ3) is 5.49. The van der Waals surface area contributed by atoms with Crippen LogP contribution in [0.25, 0.3) is 22.2 Å². The van der Waals surface area contributed by atoms with Gasteiger partial charge in [0.2, 0.25) is 5.95 Å². The van der Waals surface area contributed by atoms with Crippen molar-refractivity contribution in [2.75, 3.05) is 24.2 Å². The number of piperidine rings is 1. The maximum absolute atomic E-state index is 13.8.